The summed E-state index contributed by atoms with van der Waals surface area (Å²) in [5.74, 6) is 2.31. The number of carbonyl (C=O) groups excluding carboxylic acids is 2. The topological polar surface area (TPSA) is 104 Å². The van der Waals surface area contributed by atoms with Gasteiger partial charge in [-0.1, -0.05) is 18.2 Å². The van der Waals surface area contributed by atoms with Crippen LogP contribution in [0.25, 0.3) is 0 Å². The summed E-state index contributed by atoms with van der Waals surface area (Å²) in [4.78, 5) is 24.7. The van der Waals surface area contributed by atoms with Crippen LogP contribution in [0.3, 0.4) is 0 Å². The Morgan fingerprint density at radius 1 is 0.829 bits per heavy atom. The van der Waals surface area contributed by atoms with E-state index >= 15 is 0 Å². The average molecular weight is 476 g/mol. The maximum Gasteiger partial charge on any atom is 0.337 e. The van der Waals surface area contributed by atoms with Crippen LogP contribution >= 0.6 is 0 Å². The molecule has 0 aromatic heterocycles. The highest BCUT2D eigenvalue weighted by Crippen LogP contribution is 2.34. The third-order valence-corrected chi connectivity index (χ3v) is 5.71. The van der Waals surface area contributed by atoms with E-state index in [0.717, 1.165) is 11.1 Å². The van der Waals surface area contributed by atoms with Crippen LogP contribution in [0.5, 0.6) is 23.0 Å². The summed E-state index contributed by atoms with van der Waals surface area (Å²) in [7, 11) is 1.31. The second kappa shape index (κ2) is 9.84. The maximum absolute atomic E-state index is 12.9. The molecule has 35 heavy (non-hydrogen) atoms. The zero-order valence-corrected chi connectivity index (χ0v) is 19.0. The van der Waals surface area contributed by atoms with Gasteiger partial charge in [0.1, 0.15) is 0 Å². The van der Waals surface area contributed by atoms with Gasteiger partial charge < -0.3 is 34.3 Å². The predicted molar refractivity (Wildman–Crippen MR) is 126 cm³/mol. The smallest absolute Gasteiger partial charge is 0.337 e. The number of ether oxygens (including phenoxy) is 5. The zero-order chi connectivity index (χ0) is 24.2. The van der Waals surface area contributed by atoms with Gasteiger partial charge in [-0.3, -0.25) is 0 Å². The highest BCUT2D eigenvalue weighted by molar-refractivity contribution is 5.94. The number of rotatable bonds is 7. The molecular weight excluding hydrogens is 452 g/mol. The molecule has 180 valence electrons. The Morgan fingerprint density at radius 3 is 2.03 bits per heavy atom. The summed E-state index contributed by atoms with van der Waals surface area (Å²) in [5.41, 5.74) is 2.82. The lowest BCUT2D eigenvalue weighted by Crippen LogP contribution is -2.40. The molecule has 2 amide bonds. The third kappa shape index (κ3) is 5.24. The molecule has 0 fully saturated rings. The quantitative estimate of drug-likeness (QED) is 0.498. The Kier molecular flexibility index (Phi) is 6.30. The number of benzene rings is 3. The fourth-order valence-corrected chi connectivity index (χ4v) is 4.07. The summed E-state index contributed by atoms with van der Waals surface area (Å²) >= 11 is 0. The predicted octanol–water partition coefficient (Wildman–Crippen LogP) is 3.91. The lowest BCUT2D eigenvalue weighted by Gasteiger charge is -2.20. The second-order valence-corrected chi connectivity index (χ2v) is 8.15. The molecule has 0 atom stereocenters. The van der Waals surface area contributed by atoms with Crippen molar-refractivity contribution < 1.29 is 33.3 Å². The third-order valence-electron chi connectivity index (χ3n) is 5.71. The molecule has 0 saturated carbocycles. The van der Waals surface area contributed by atoms with E-state index in [0.29, 0.717) is 47.1 Å². The number of amides is 2. The van der Waals surface area contributed by atoms with E-state index in [9.17, 15) is 9.59 Å². The van der Waals surface area contributed by atoms with Crippen molar-refractivity contribution in [2.45, 2.75) is 18.9 Å². The molecule has 2 aliphatic heterocycles. The SMILES string of the molecule is COC(=O)c1cccc(NC(=O)NC(Cc2ccc3c(c2)OCO3)Cc2ccc3c(c2)OCO3)c1. The van der Waals surface area contributed by atoms with Crippen molar-refractivity contribution in [1.29, 1.82) is 0 Å². The first kappa shape index (κ1) is 22.4. The largest absolute Gasteiger partial charge is 0.465 e. The van der Waals surface area contributed by atoms with Crippen molar-refractivity contribution in [1.82, 2.24) is 5.32 Å². The van der Waals surface area contributed by atoms with E-state index < -0.39 is 12.0 Å². The molecule has 2 heterocycles. The highest BCUT2D eigenvalue weighted by atomic mass is 16.7. The molecule has 0 saturated heterocycles. The van der Waals surface area contributed by atoms with E-state index in [4.69, 9.17) is 23.7 Å². The van der Waals surface area contributed by atoms with Gasteiger partial charge in [0.25, 0.3) is 0 Å². The van der Waals surface area contributed by atoms with Crippen LogP contribution in [0.15, 0.2) is 60.7 Å². The number of nitrogens with one attached hydrogen (secondary N) is 2. The van der Waals surface area contributed by atoms with Crippen LogP contribution in [0.1, 0.15) is 21.5 Å². The van der Waals surface area contributed by atoms with Crippen LogP contribution in [-0.2, 0) is 17.6 Å². The molecule has 0 bridgehead atoms. The van der Waals surface area contributed by atoms with Gasteiger partial charge in [-0.15, -0.1) is 0 Å². The van der Waals surface area contributed by atoms with Gasteiger partial charge in [0.2, 0.25) is 13.6 Å². The first-order valence-electron chi connectivity index (χ1n) is 11.1. The lowest BCUT2D eigenvalue weighted by atomic mass is 9.98. The lowest BCUT2D eigenvalue weighted by molar-refractivity contribution is 0.0600. The molecule has 0 aliphatic carbocycles. The second-order valence-electron chi connectivity index (χ2n) is 8.15. The van der Waals surface area contributed by atoms with Crippen LogP contribution in [0, 0.1) is 0 Å². The van der Waals surface area contributed by atoms with Crippen molar-refractivity contribution >= 4 is 17.7 Å². The summed E-state index contributed by atoms with van der Waals surface area (Å²) in [5, 5.41) is 5.85. The number of carbonyl (C=O) groups is 2. The fraction of sp³-hybridized carbons (Fsp3) is 0.231. The highest BCUT2D eigenvalue weighted by Gasteiger charge is 2.20. The Morgan fingerprint density at radius 2 is 1.43 bits per heavy atom. The van der Waals surface area contributed by atoms with Gasteiger partial charge in [-0.05, 0) is 66.4 Å². The van der Waals surface area contributed by atoms with Crippen LogP contribution in [-0.4, -0.2) is 38.7 Å². The molecular formula is C26H24N2O7. The minimum absolute atomic E-state index is 0.199. The van der Waals surface area contributed by atoms with Crippen molar-refractivity contribution in [3.8, 4) is 23.0 Å². The molecule has 3 aromatic rings. The monoisotopic (exact) mass is 476 g/mol. The molecule has 9 nitrogen and oxygen atoms in total. The number of hydrogen-bond donors (Lipinski definition) is 2. The van der Waals surface area contributed by atoms with Gasteiger partial charge in [-0.25, -0.2) is 9.59 Å². The number of urea groups is 1. The van der Waals surface area contributed by atoms with Crippen molar-refractivity contribution in [3.63, 3.8) is 0 Å². The molecule has 0 spiro atoms. The summed E-state index contributed by atoms with van der Waals surface area (Å²) < 4.78 is 26.6. The summed E-state index contributed by atoms with van der Waals surface area (Å²) in [6, 6.07) is 17.4. The fourth-order valence-electron chi connectivity index (χ4n) is 4.07. The molecule has 5 rings (SSSR count). The minimum Gasteiger partial charge on any atom is -0.465 e. The van der Waals surface area contributed by atoms with E-state index in [2.05, 4.69) is 10.6 Å². The number of hydrogen-bond acceptors (Lipinski definition) is 7. The van der Waals surface area contributed by atoms with Crippen LogP contribution < -0.4 is 29.6 Å². The Bertz CT molecular complexity index is 1200. The Hall–Kier alpha value is -4.40. The number of anilines is 1. The van der Waals surface area contributed by atoms with Gasteiger partial charge >= 0.3 is 12.0 Å². The van der Waals surface area contributed by atoms with E-state index in [-0.39, 0.29) is 19.6 Å². The normalized spacial score (nSPS) is 13.0. The standard InChI is InChI=1S/C26H24N2O7/c1-31-25(29)18-3-2-4-19(13-18)27-26(30)28-20(9-16-5-7-21-23(11-16)34-14-32-21)10-17-6-8-22-24(12-17)35-15-33-22/h2-8,11-13,20H,9-10,14-15H2,1H3,(H2,27,28,30). The van der Waals surface area contributed by atoms with Crippen molar-refractivity contribution in [3.05, 3.63) is 77.4 Å². The molecule has 2 N–H and O–H groups in total. The molecule has 2 aliphatic rings. The van der Waals surface area contributed by atoms with Crippen LogP contribution in [0.4, 0.5) is 10.5 Å². The molecule has 0 radical (unpaired) electrons. The summed E-state index contributed by atoms with van der Waals surface area (Å²) in [6.45, 7) is 0.398. The first-order valence-corrected chi connectivity index (χ1v) is 11.1. The van der Waals surface area contributed by atoms with E-state index in [1.165, 1.54) is 7.11 Å². The Balaban J connectivity index is 1.32. The van der Waals surface area contributed by atoms with Gasteiger partial charge in [-0.2, -0.15) is 0 Å². The first-order chi connectivity index (χ1) is 17.1. The van der Waals surface area contributed by atoms with Crippen molar-refractivity contribution in [2.24, 2.45) is 0 Å². The minimum atomic E-state index is -0.474. The summed E-state index contributed by atoms with van der Waals surface area (Å²) in [6.07, 6.45) is 1.11. The zero-order valence-electron chi connectivity index (χ0n) is 19.0. The van der Waals surface area contributed by atoms with E-state index in [1.807, 2.05) is 36.4 Å². The molecule has 0 unspecified atom stereocenters. The van der Waals surface area contributed by atoms with E-state index in [1.54, 1.807) is 24.3 Å². The number of esters is 1. The van der Waals surface area contributed by atoms with Crippen molar-refractivity contribution in [2.75, 3.05) is 26.0 Å². The van der Waals surface area contributed by atoms with Crippen LogP contribution in [0.2, 0.25) is 0 Å². The number of fused-ring (bicyclic) bond motifs is 2. The molecule has 9 heteroatoms. The van der Waals surface area contributed by atoms with Gasteiger partial charge in [0, 0.05) is 11.7 Å². The Labute approximate surface area is 201 Å². The van der Waals surface area contributed by atoms with Gasteiger partial charge in [0.15, 0.2) is 23.0 Å². The molecule has 3 aromatic carbocycles. The maximum atomic E-state index is 12.9. The average Bonchev–Trinajstić information content (AvgIpc) is 3.52. The van der Waals surface area contributed by atoms with Gasteiger partial charge in [0.05, 0.1) is 12.7 Å². The number of methoxy groups -OCH3 is 1.